The second-order valence-corrected chi connectivity index (χ2v) is 14.6. The zero-order valence-corrected chi connectivity index (χ0v) is 31.2. The number of benzene rings is 6. The lowest BCUT2D eigenvalue weighted by atomic mass is 9.88. The molecule has 6 aromatic carbocycles. The molecular weight excluding hydrogens is 699 g/mol. The Morgan fingerprint density at radius 1 is 0.649 bits per heavy atom. The van der Waals surface area contributed by atoms with Crippen molar-refractivity contribution < 1.29 is 23.0 Å². The number of rotatable bonds is 7. The van der Waals surface area contributed by atoms with Crippen molar-refractivity contribution in [1.82, 2.24) is 19.1 Å². The molecule has 6 nitrogen and oxygen atoms in total. The van der Waals surface area contributed by atoms with Gasteiger partial charge in [-0.15, -0.1) is 0 Å². The highest BCUT2D eigenvalue weighted by atomic mass is 16.5. The molecule has 0 bridgehead atoms. The summed E-state index contributed by atoms with van der Waals surface area (Å²) in [6.07, 6.45) is 8.46. The fourth-order valence-electron chi connectivity index (χ4n) is 7.36. The molecule has 0 fully saturated rings. The van der Waals surface area contributed by atoms with Crippen molar-refractivity contribution in [3.05, 3.63) is 194 Å². The van der Waals surface area contributed by atoms with Gasteiger partial charge < -0.3 is 4.74 Å². The van der Waals surface area contributed by atoms with E-state index in [4.69, 9.17) is 23.4 Å². The highest BCUT2D eigenvalue weighted by Crippen LogP contribution is 2.37. The van der Waals surface area contributed by atoms with Crippen LogP contribution in [-0.4, -0.2) is 19.1 Å². The molecule has 274 valence electrons. The van der Waals surface area contributed by atoms with Gasteiger partial charge in [-0.2, -0.15) is 0 Å². The van der Waals surface area contributed by atoms with Gasteiger partial charge >= 0.3 is 0 Å². The number of nitrogens with zero attached hydrogens (tertiary/aromatic N) is 5. The molecule has 0 aliphatic rings. The predicted molar refractivity (Wildman–Crippen MR) is 230 cm³/mol. The third-order valence-electron chi connectivity index (χ3n) is 10.0. The van der Waals surface area contributed by atoms with Gasteiger partial charge in [0.2, 0.25) is 0 Å². The average molecular weight is 748 g/mol. The summed E-state index contributed by atoms with van der Waals surface area (Å²) in [5.41, 5.74) is 4.81. The summed E-state index contributed by atoms with van der Waals surface area (Å²) in [7, 11) is 0. The zero-order chi connectivity index (χ0) is 47.2. The number of aromatic nitrogens is 5. The van der Waals surface area contributed by atoms with E-state index in [1.165, 1.54) is 0 Å². The number of hydrogen-bond donors (Lipinski definition) is 0. The maximum Gasteiger partial charge on any atom is 0.269 e. The smallest absolute Gasteiger partial charge is 0.269 e. The van der Waals surface area contributed by atoms with E-state index in [0.717, 1.165) is 33.2 Å². The number of pyridine rings is 2. The predicted octanol–water partition coefficient (Wildman–Crippen LogP) is 12.0. The Labute approximate surface area is 345 Å². The van der Waals surface area contributed by atoms with Crippen molar-refractivity contribution in [2.24, 2.45) is 0 Å². The summed E-state index contributed by atoms with van der Waals surface area (Å²) >= 11 is 0. The molecule has 0 amide bonds. The van der Waals surface area contributed by atoms with Crippen LogP contribution in [0.5, 0.6) is 11.5 Å². The SMILES string of the molecule is [2H]c1c([2H])c([2H])c(-c2cccc(-c3c([2H])c([2H])c([2H])c([2H])c3[2H])c2-[n+]2[c-]n(-c3cncc(Oc4ccc5c6ccccc6n(-c6cc(C(C)(C)C)ccn6)c5c4)c3)c3ccccc32)c([2H])c1[2H]. The molecule has 0 spiro atoms. The number of hydrogen-bond acceptors (Lipinski definition) is 3. The van der Waals surface area contributed by atoms with Crippen LogP contribution in [0.2, 0.25) is 0 Å². The molecule has 10 rings (SSSR count). The minimum Gasteiger partial charge on any atom is -0.456 e. The summed E-state index contributed by atoms with van der Waals surface area (Å²) in [4.78, 5) is 9.37. The van der Waals surface area contributed by atoms with Crippen molar-refractivity contribution in [1.29, 1.82) is 0 Å². The topological polar surface area (TPSA) is 48.8 Å². The third kappa shape index (κ3) is 6.12. The monoisotopic (exact) mass is 747 g/mol. The first-order valence-corrected chi connectivity index (χ1v) is 18.4. The second-order valence-electron chi connectivity index (χ2n) is 14.6. The molecule has 0 saturated carbocycles. The van der Waals surface area contributed by atoms with Gasteiger partial charge in [0, 0.05) is 29.2 Å². The Morgan fingerprint density at radius 3 is 2.07 bits per heavy atom. The summed E-state index contributed by atoms with van der Waals surface area (Å²) in [5, 5.41) is 2.10. The van der Waals surface area contributed by atoms with E-state index >= 15 is 0 Å². The molecule has 0 radical (unpaired) electrons. The van der Waals surface area contributed by atoms with Crippen LogP contribution in [0.25, 0.3) is 72.3 Å². The van der Waals surface area contributed by atoms with Gasteiger partial charge in [0.05, 0.1) is 53.3 Å². The summed E-state index contributed by atoms with van der Waals surface area (Å²) in [5.74, 6) is 1.74. The molecule has 0 unspecified atom stereocenters. The summed E-state index contributed by atoms with van der Waals surface area (Å²) in [6, 6.07) is 26.8. The van der Waals surface area contributed by atoms with Gasteiger partial charge in [0.15, 0.2) is 0 Å². The Kier molecular flexibility index (Phi) is 6.03. The molecule has 6 heteroatoms. The molecular formula is C51H39N5O. The second kappa shape index (κ2) is 13.8. The van der Waals surface area contributed by atoms with Crippen LogP contribution in [0.4, 0.5) is 0 Å². The molecule has 0 aliphatic carbocycles. The van der Waals surface area contributed by atoms with E-state index in [-0.39, 0.29) is 33.4 Å². The zero-order valence-electron chi connectivity index (χ0n) is 41.2. The Bertz CT molecular complexity index is 3540. The van der Waals surface area contributed by atoms with E-state index in [2.05, 4.69) is 54.8 Å². The lowest BCUT2D eigenvalue weighted by molar-refractivity contribution is -0.571. The van der Waals surface area contributed by atoms with Crippen molar-refractivity contribution >= 4 is 32.8 Å². The van der Waals surface area contributed by atoms with Gasteiger partial charge in [-0.05, 0) is 69.6 Å². The number of imidazole rings is 1. The normalized spacial score (nSPS) is 14.2. The quantitative estimate of drug-likeness (QED) is 0.120. The first kappa shape index (κ1) is 25.0. The van der Waals surface area contributed by atoms with Crippen LogP contribution in [0.15, 0.2) is 182 Å². The third-order valence-corrected chi connectivity index (χ3v) is 10.0. The molecule has 0 atom stereocenters. The van der Waals surface area contributed by atoms with Crippen LogP contribution >= 0.6 is 0 Å². The van der Waals surface area contributed by atoms with Gasteiger partial charge in [-0.3, -0.25) is 18.7 Å². The largest absolute Gasteiger partial charge is 0.456 e. The minimum atomic E-state index is -0.572. The fraction of sp³-hybridized carbons (Fsp3) is 0.0784. The Hall–Kier alpha value is -7.31. The Balaban J connectivity index is 1.15. The van der Waals surface area contributed by atoms with E-state index in [9.17, 15) is 0 Å². The maximum atomic E-state index is 8.98. The van der Waals surface area contributed by atoms with E-state index < -0.39 is 60.4 Å². The number of para-hydroxylation sites is 4. The first-order chi connectivity index (χ1) is 32.0. The van der Waals surface area contributed by atoms with Crippen molar-refractivity contribution in [3.8, 4) is 50.9 Å². The Morgan fingerprint density at radius 2 is 1.33 bits per heavy atom. The van der Waals surface area contributed by atoms with Crippen molar-refractivity contribution in [2.45, 2.75) is 26.2 Å². The molecule has 0 aliphatic heterocycles. The van der Waals surface area contributed by atoms with Gasteiger partial charge in [0.25, 0.3) is 6.33 Å². The van der Waals surface area contributed by atoms with Crippen LogP contribution in [0.3, 0.4) is 0 Å². The van der Waals surface area contributed by atoms with Gasteiger partial charge in [-0.25, -0.2) is 4.98 Å². The van der Waals surface area contributed by atoms with Crippen LogP contribution < -0.4 is 9.30 Å². The van der Waals surface area contributed by atoms with Crippen molar-refractivity contribution in [2.75, 3.05) is 0 Å². The minimum absolute atomic E-state index is 0.0924. The van der Waals surface area contributed by atoms with Crippen molar-refractivity contribution in [3.63, 3.8) is 0 Å². The lowest BCUT2D eigenvalue weighted by Crippen LogP contribution is -2.31. The lowest BCUT2D eigenvalue weighted by Gasteiger charge is -2.20. The molecule has 4 heterocycles. The van der Waals surface area contributed by atoms with Crippen LogP contribution in [0, 0.1) is 6.33 Å². The highest BCUT2D eigenvalue weighted by molar-refractivity contribution is 6.09. The van der Waals surface area contributed by atoms with Crippen LogP contribution in [-0.2, 0) is 5.41 Å². The number of ether oxygens (including phenoxy) is 1. The van der Waals surface area contributed by atoms with E-state index in [0.29, 0.717) is 28.2 Å². The molecule has 0 saturated heterocycles. The summed E-state index contributed by atoms with van der Waals surface area (Å²) < 4.78 is 98.7. The van der Waals surface area contributed by atoms with E-state index in [1.54, 1.807) is 57.9 Å². The molecule has 57 heavy (non-hydrogen) atoms. The average Bonchev–Trinajstić information content (AvgIpc) is 3.87. The van der Waals surface area contributed by atoms with Crippen LogP contribution in [0.1, 0.15) is 40.0 Å². The highest BCUT2D eigenvalue weighted by Gasteiger charge is 2.21. The maximum absolute atomic E-state index is 8.98. The van der Waals surface area contributed by atoms with Gasteiger partial charge in [0.1, 0.15) is 17.3 Å². The van der Waals surface area contributed by atoms with Gasteiger partial charge in [-0.1, -0.05) is 142 Å². The fourth-order valence-corrected chi connectivity index (χ4v) is 7.36. The first-order valence-electron chi connectivity index (χ1n) is 23.4. The standard InChI is InChI=1S/C51H39N5O/c1-51(2,3)37-27-28-53-49(29-37)56-45-22-11-10-19-43(45)44-26-25-39(31-48(44)56)57-40-30-38(32-52-33-40)54-34-55(47-24-13-12-23-46(47)54)50-41(35-15-6-4-7-16-35)20-14-21-42(50)36-17-8-5-9-18-36/h4-33H,1-3H3/i4D,5D,6D,7D,8D,9D,15D,16D,17D,18D. The number of fused-ring (bicyclic) bond motifs is 4. The summed E-state index contributed by atoms with van der Waals surface area (Å²) in [6.45, 7) is 6.52. The molecule has 0 N–H and O–H groups in total. The molecule has 10 aromatic rings. The molecule has 4 aromatic heterocycles. The van der Waals surface area contributed by atoms with E-state index in [1.807, 2.05) is 54.7 Å².